The summed E-state index contributed by atoms with van der Waals surface area (Å²) in [5.74, 6) is 1.53. The summed E-state index contributed by atoms with van der Waals surface area (Å²) in [7, 11) is 1.75. The van der Waals surface area contributed by atoms with Crippen molar-refractivity contribution < 1.29 is 9.53 Å². The molecule has 6 heteroatoms. The molecule has 2 atom stereocenters. The summed E-state index contributed by atoms with van der Waals surface area (Å²) in [4.78, 5) is 20.2. The highest BCUT2D eigenvalue weighted by Gasteiger charge is 2.21. The molecule has 1 heterocycles. The summed E-state index contributed by atoms with van der Waals surface area (Å²) in [5.41, 5.74) is 5.63. The average Bonchev–Trinajstić information content (AvgIpc) is 2.42. The average molecular weight is 326 g/mol. The molecule has 1 amide bonds. The van der Waals surface area contributed by atoms with Crippen molar-refractivity contribution in [2.45, 2.75) is 53.1 Å². The number of hydrogen-bond acceptors (Lipinski definition) is 3. The van der Waals surface area contributed by atoms with Crippen LogP contribution in [0.4, 0.5) is 4.79 Å². The fraction of sp³-hybridized carbons (Fsp3) is 0.882. The van der Waals surface area contributed by atoms with Crippen LogP contribution in [0.2, 0.25) is 0 Å². The number of likely N-dealkylation sites (tertiary alicyclic amines) is 1. The van der Waals surface area contributed by atoms with Crippen LogP contribution in [-0.2, 0) is 4.74 Å². The highest BCUT2D eigenvalue weighted by Crippen LogP contribution is 2.15. The summed E-state index contributed by atoms with van der Waals surface area (Å²) in [6, 6.07) is 0. The number of guanidine groups is 1. The first-order valence-electron chi connectivity index (χ1n) is 8.57. The van der Waals surface area contributed by atoms with Gasteiger partial charge >= 0.3 is 6.09 Å². The maximum atomic E-state index is 12.0. The molecule has 1 rings (SSSR count). The van der Waals surface area contributed by atoms with E-state index in [1.807, 2.05) is 20.8 Å². The number of carbonyl (C=O) groups is 1. The van der Waals surface area contributed by atoms with Gasteiger partial charge in [-0.3, -0.25) is 4.99 Å². The van der Waals surface area contributed by atoms with Crippen molar-refractivity contribution in [1.82, 2.24) is 9.80 Å². The Morgan fingerprint density at radius 1 is 1.48 bits per heavy atom. The molecule has 23 heavy (non-hydrogen) atoms. The SMILES string of the molecule is CC(CN=C(N)N1CCCC(C)C1)CN(C)C(=O)OC(C)(C)C. The third kappa shape index (κ3) is 7.57. The minimum atomic E-state index is -0.470. The molecule has 0 aliphatic carbocycles. The van der Waals surface area contributed by atoms with Crippen molar-refractivity contribution in [2.75, 3.05) is 33.2 Å². The van der Waals surface area contributed by atoms with E-state index in [2.05, 4.69) is 23.7 Å². The van der Waals surface area contributed by atoms with Gasteiger partial charge in [-0.25, -0.2) is 4.79 Å². The van der Waals surface area contributed by atoms with E-state index >= 15 is 0 Å². The molecule has 0 bridgehead atoms. The number of carbonyl (C=O) groups excluding carboxylic acids is 1. The minimum absolute atomic E-state index is 0.230. The number of hydrogen-bond donors (Lipinski definition) is 1. The molecule has 2 N–H and O–H groups in total. The number of aliphatic imine (C=N–C) groups is 1. The molecule has 6 nitrogen and oxygen atoms in total. The van der Waals surface area contributed by atoms with Gasteiger partial charge in [0.25, 0.3) is 0 Å². The van der Waals surface area contributed by atoms with Gasteiger partial charge < -0.3 is 20.3 Å². The predicted molar refractivity (Wildman–Crippen MR) is 94.5 cm³/mol. The van der Waals surface area contributed by atoms with E-state index in [-0.39, 0.29) is 12.0 Å². The van der Waals surface area contributed by atoms with Gasteiger partial charge in [-0.05, 0) is 45.4 Å². The first kappa shape index (κ1) is 19.6. The molecule has 0 saturated carbocycles. The van der Waals surface area contributed by atoms with Crippen LogP contribution in [-0.4, -0.2) is 60.7 Å². The molecule has 134 valence electrons. The number of amides is 1. The molecule has 0 spiro atoms. The lowest BCUT2D eigenvalue weighted by Crippen LogP contribution is -2.44. The number of nitrogens with zero attached hydrogens (tertiary/aromatic N) is 3. The van der Waals surface area contributed by atoms with E-state index in [0.29, 0.717) is 25.0 Å². The van der Waals surface area contributed by atoms with Crippen molar-refractivity contribution in [3.8, 4) is 0 Å². The van der Waals surface area contributed by atoms with Crippen LogP contribution in [0, 0.1) is 11.8 Å². The Labute approximate surface area is 141 Å². The zero-order valence-corrected chi connectivity index (χ0v) is 15.6. The quantitative estimate of drug-likeness (QED) is 0.636. The lowest BCUT2D eigenvalue weighted by atomic mass is 10.0. The van der Waals surface area contributed by atoms with E-state index in [0.717, 1.165) is 13.1 Å². The van der Waals surface area contributed by atoms with Crippen molar-refractivity contribution in [3.63, 3.8) is 0 Å². The van der Waals surface area contributed by atoms with E-state index in [1.54, 1.807) is 11.9 Å². The minimum Gasteiger partial charge on any atom is -0.444 e. The fourth-order valence-electron chi connectivity index (χ4n) is 2.69. The fourth-order valence-corrected chi connectivity index (χ4v) is 2.69. The second kappa shape index (κ2) is 8.41. The van der Waals surface area contributed by atoms with Gasteiger partial charge in [-0.15, -0.1) is 0 Å². The lowest BCUT2D eigenvalue weighted by Gasteiger charge is -2.32. The monoisotopic (exact) mass is 326 g/mol. The molecule has 0 aromatic carbocycles. The Kier molecular flexibility index (Phi) is 7.16. The number of ether oxygens (including phenoxy) is 1. The van der Waals surface area contributed by atoms with Gasteiger partial charge in [0.05, 0.1) is 0 Å². The summed E-state index contributed by atoms with van der Waals surface area (Å²) in [5, 5.41) is 0. The smallest absolute Gasteiger partial charge is 0.410 e. The Morgan fingerprint density at radius 2 is 2.13 bits per heavy atom. The Hall–Kier alpha value is -1.46. The van der Waals surface area contributed by atoms with Gasteiger partial charge in [0.15, 0.2) is 5.96 Å². The van der Waals surface area contributed by atoms with Gasteiger partial charge in [-0.2, -0.15) is 0 Å². The molecule has 1 fully saturated rings. The zero-order valence-electron chi connectivity index (χ0n) is 15.6. The van der Waals surface area contributed by atoms with E-state index in [4.69, 9.17) is 10.5 Å². The number of rotatable bonds is 4. The molecule has 0 aromatic heterocycles. The van der Waals surface area contributed by atoms with Crippen LogP contribution in [0.15, 0.2) is 4.99 Å². The van der Waals surface area contributed by atoms with Crippen molar-refractivity contribution >= 4 is 12.1 Å². The van der Waals surface area contributed by atoms with Crippen molar-refractivity contribution in [3.05, 3.63) is 0 Å². The molecule has 0 aromatic rings. The summed E-state index contributed by atoms with van der Waals surface area (Å²) < 4.78 is 5.35. The van der Waals surface area contributed by atoms with Crippen LogP contribution in [0.3, 0.4) is 0 Å². The van der Waals surface area contributed by atoms with Crippen LogP contribution in [0.5, 0.6) is 0 Å². The topological polar surface area (TPSA) is 71.2 Å². The summed E-state index contributed by atoms with van der Waals surface area (Å²) in [6.07, 6.45) is 2.14. The van der Waals surface area contributed by atoms with Gasteiger partial charge in [0, 0.05) is 33.2 Å². The van der Waals surface area contributed by atoms with Crippen LogP contribution >= 0.6 is 0 Å². The van der Waals surface area contributed by atoms with E-state index < -0.39 is 5.60 Å². The van der Waals surface area contributed by atoms with Gasteiger partial charge in [0.1, 0.15) is 5.60 Å². The molecule has 2 unspecified atom stereocenters. The molecule has 1 aliphatic heterocycles. The third-order valence-electron chi connectivity index (χ3n) is 3.84. The molecule has 1 aliphatic rings. The molecule has 1 saturated heterocycles. The maximum Gasteiger partial charge on any atom is 0.410 e. The third-order valence-corrected chi connectivity index (χ3v) is 3.84. The predicted octanol–water partition coefficient (Wildman–Crippen LogP) is 2.54. The molecule has 0 radical (unpaired) electrons. The Balaban J connectivity index is 2.41. The van der Waals surface area contributed by atoms with Crippen LogP contribution < -0.4 is 5.73 Å². The summed E-state index contributed by atoms with van der Waals surface area (Å²) in [6.45, 7) is 13.1. The molecular weight excluding hydrogens is 292 g/mol. The highest BCUT2D eigenvalue weighted by atomic mass is 16.6. The van der Waals surface area contributed by atoms with Gasteiger partial charge in [-0.1, -0.05) is 13.8 Å². The number of nitrogens with two attached hydrogens (primary N) is 1. The first-order valence-corrected chi connectivity index (χ1v) is 8.57. The van der Waals surface area contributed by atoms with Gasteiger partial charge in [0.2, 0.25) is 0 Å². The van der Waals surface area contributed by atoms with Crippen molar-refractivity contribution in [2.24, 2.45) is 22.6 Å². The first-order chi connectivity index (χ1) is 10.6. The number of piperidine rings is 1. The maximum absolute atomic E-state index is 12.0. The zero-order chi connectivity index (χ0) is 17.6. The van der Waals surface area contributed by atoms with E-state index in [9.17, 15) is 4.79 Å². The largest absolute Gasteiger partial charge is 0.444 e. The van der Waals surface area contributed by atoms with Crippen LogP contribution in [0.1, 0.15) is 47.5 Å². The Morgan fingerprint density at radius 3 is 2.70 bits per heavy atom. The highest BCUT2D eigenvalue weighted by molar-refractivity contribution is 5.78. The summed E-state index contributed by atoms with van der Waals surface area (Å²) >= 11 is 0. The second-order valence-electron chi connectivity index (χ2n) is 7.86. The molecular formula is C17H34N4O2. The normalized spacial score (nSPS) is 21.0. The van der Waals surface area contributed by atoms with Crippen LogP contribution in [0.25, 0.3) is 0 Å². The second-order valence-corrected chi connectivity index (χ2v) is 7.86. The standard InChI is InChI=1S/C17H34N4O2/c1-13-8-7-9-21(12-13)15(18)19-10-14(2)11-20(6)16(22)23-17(3,4)5/h13-14H,7-12H2,1-6H3,(H2,18,19). The lowest BCUT2D eigenvalue weighted by molar-refractivity contribution is 0.0279. The Bertz CT molecular complexity index is 417. The van der Waals surface area contributed by atoms with E-state index in [1.165, 1.54) is 12.8 Å². The van der Waals surface area contributed by atoms with Crippen molar-refractivity contribution in [1.29, 1.82) is 0 Å².